The molecule has 0 fully saturated rings. The van der Waals surface area contributed by atoms with E-state index in [9.17, 15) is 9.90 Å². The summed E-state index contributed by atoms with van der Waals surface area (Å²) in [7, 11) is 0. The molecule has 2 rings (SSSR count). The van der Waals surface area contributed by atoms with Gasteiger partial charge in [-0.25, -0.2) is 0 Å². The number of phenols is 1. The van der Waals surface area contributed by atoms with Crippen molar-refractivity contribution in [2.24, 2.45) is 0 Å². The van der Waals surface area contributed by atoms with E-state index in [0.29, 0.717) is 17.7 Å². The highest BCUT2D eigenvalue weighted by molar-refractivity contribution is 5.91. The zero-order valence-electron chi connectivity index (χ0n) is 10.8. The number of phenolic OH excluding ortho intramolecular Hbond substituents is 1. The summed E-state index contributed by atoms with van der Waals surface area (Å²) in [6.45, 7) is 0. The highest BCUT2D eigenvalue weighted by atomic mass is 16.3. The number of para-hydroxylation sites is 1. The molecular formula is C16H14N2O2. The van der Waals surface area contributed by atoms with Gasteiger partial charge in [0.15, 0.2) is 0 Å². The Hall–Kier alpha value is -2.80. The smallest absolute Gasteiger partial charge is 0.224 e. The third-order valence-electron chi connectivity index (χ3n) is 2.89. The van der Waals surface area contributed by atoms with E-state index in [-0.39, 0.29) is 18.1 Å². The van der Waals surface area contributed by atoms with Crippen LogP contribution in [0.25, 0.3) is 0 Å². The Morgan fingerprint density at radius 1 is 1.20 bits per heavy atom. The zero-order chi connectivity index (χ0) is 14.4. The molecule has 0 radical (unpaired) electrons. The van der Waals surface area contributed by atoms with Gasteiger partial charge in [-0.05, 0) is 36.2 Å². The highest BCUT2D eigenvalue weighted by Crippen LogP contribution is 2.17. The Balaban J connectivity index is 1.93. The van der Waals surface area contributed by atoms with Gasteiger partial charge in [0.05, 0.1) is 11.6 Å². The van der Waals surface area contributed by atoms with Gasteiger partial charge < -0.3 is 10.4 Å². The molecule has 0 aliphatic carbocycles. The summed E-state index contributed by atoms with van der Waals surface area (Å²) in [6.07, 6.45) is 0.741. The van der Waals surface area contributed by atoms with Crippen LogP contribution in [-0.2, 0) is 11.2 Å². The van der Waals surface area contributed by atoms with E-state index in [2.05, 4.69) is 5.32 Å². The maximum Gasteiger partial charge on any atom is 0.224 e. The quantitative estimate of drug-likeness (QED) is 0.893. The van der Waals surface area contributed by atoms with Crippen LogP contribution in [0.2, 0.25) is 0 Å². The summed E-state index contributed by atoms with van der Waals surface area (Å²) >= 11 is 0. The van der Waals surface area contributed by atoms with Gasteiger partial charge in [-0.15, -0.1) is 0 Å². The molecule has 4 nitrogen and oxygen atoms in total. The van der Waals surface area contributed by atoms with Crippen LogP contribution in [-0.4, -0.2) is 11.0 Å². The monoisotopic (exact) mass is 266 g/mol. The number of rotatable bonds is 4. The van der Waals surface area contributed by atoms with E-state index in [1.54, 1.807) is 42.5 Å². The third kappa shape index (κ3) is 3.59. The second kappa shape index (κ2) is 6.39. The van der Waals surface area contributed by atoms with Crippen LogP contribution in [0.3, 0.4) is 0 Å². The molecule has 100 valence electrons. The number of nitrogens with one attached hydrogen (secondary N) is 1. The summed E-state index contributed by atoms with van der Waals surface area (Å²) in [5, 5.41) is 21.1. The van der Waals surface area contributed by atoms with Gasteiger partial charge in [-0.2, -0.15) is 5.26 Å². The summed E-state index contributed by atoms with van der Waals surface area (Å²) in [4.78, 5) is 11.8. The van der Waals surface area contributed by atoms with Crippen LogP contribution in [0.5, 0.6) is 5.75 Å². The van der Waals surface area contributed by atoms with Gasteiger partial charge in [-0.1, -0.05) is 24.3 Å². The molecule has 0 spiro atoms. The highest BCUT2D eigenvalue weighted by Gasteiger charge is 2.06. The molecule has 2 N–H and O–H groups in total. The predicted octanol–water partition coefficient (Wildman–Crippen LogP) is 2.84. The number of aryl methyl sites for hydroxylation is 1. The molecule has 0 saturated heterocycles. The summed E-state index contributed by atoms with van der Waals surface area (Å²) in [5.74, 6) is 0.0510. The van der Waals surface area contributed by atoms with Crippen molar-refractivity contribution in [1.29, 1.82) is 5.26 Å². The fourth-order valence-corrected chi connectivity index (χ4v) is 1.86. The van der Waals surface area contributed by atoms with Gasteiger partial charge in [0, 0.05) is 12.1 Å². The summed E-state index contributed by atoms with van der Waals surface area (Å²) < 4.78 is 0. The largest absolute Gasteiger partial charge is 0.508 e. The first-order valence-electron chi connectivity index (χ1n) is 6.26. The van der Waals surface area contributed by atoms with Gasteiger partial charge in [-0.3, -0.25) is 4.79 Å². The SMILES string of the molecule is N#Cc1cccc(NC(=O)CCc2ccccc2O)c1. The predicted molar refractivity (Wildman–Crippen MR) is 76.2 cm³/mol. The van der Waals surface area contributed by atoms with Crippen molar-refractivity contribution in [3.05, 3.63) is 59.7 Å². The molecule has 0 saturated carbocycles. The van der Waals surface area contributed by atoms with Crippen molar-refractivity contribution in [2.45, 2.75) is 12.8 Å². The molecular weight excluding hydrogens is 252 g/mol. The second-order valence-electron chi connectivity index (χ2n) is 4.37. The number of nitriles is 1. The van der Waals surface area contributed by atoms with Crippen LogP contribution in [0.4, 0.5) is 5.69 Å². The van der Waals surface area contributed by atoms with E-state index >= 15 is 0 Å². The molecule has 20 heavy (non-hydrogen) atoms. The van der Waals surface area contributed by atoms with E-state index < -0.39 is 0 Å². The third-order valence-corrected chi connectivity index (χ3v) is 2.89. The van der Waals surface area contributed by atoms with E-state index in [1.165, 1.54) is 0 Å². The van der Waals surface area contributed by atoms with Crippen molar-refractivity contribution >= 4 is 11.6 Å². The molecule has 0 aliphatic rings. The fourth-order valence-electron chi connectivity index (χ4n) is 1.86. The van der Waals surface area contributed by atoms with Crippen LogP contribution >= 0.6 is 0 Å². The van der Waals surface area contributed by atoms with Crippen molar-refractivity contribution in [2.75, 3.05) is 5.32 Å². The first-order chi connectivity index (χ1) is 9.69. The maximum atomic E-state index is 11.8. The molecule has 2 aromatic rings. The number of carbonyl (C=O) groups is 1. The molecule has 0 aliphatic heterocycles. The normalized spacial score (nSPS) is 9.75. The average Bonchev–Trinajstić information content (AvgIpc) is 2.46. The zero-order valence-corrected chi connectivity index (χ0v) is 10.8. The fraction of sp³-hybridized carbons (Fsp3) is 0.125. The average molecular weight is 266 g/mol. The maximum absolute atomic E-state index is 11.8. The van der Waals surface area contributed by atoms with Crippen LogP contribution < -0.4 is 5.32 Å². The lowest BCUT2D eigenvalue weighted by Gasteiger charge is -2.06. The number of nitrogens with zero attached hydrogens (tertiary/aromatic N) is 1. The van der Waals surface area contributed by atoms with Crippen LogP contribution in [0.15, 0.2) is 48.5 Å². The van der Waals surface area contributed by atoms with Gasteiger partial charge >= 0.3 is 0 Å². The number of aromatic hydroxyl groups is 1. The first kappa shape index (κ1) is 13.6. The Kier molecular flexibility index (Phi) is 4.35. The molecule has 0 heterocycles. The van der Waals surface area contributed by atoms with Crippen molar-refractivity contribution < 1.29 is 9.90 Å². The Morgan fingerprint density at radius 2 is 2.00 bits per heavy atom. The summed E-state index contributed by atoms with van der Waals surface area (Å²) in [5.41, 5.74) is 1.85. The molecule has 0 atom stereocenters. The minimum absolute atomic E-state index is 0.150. The molecule has 1 amide bonds. The topological polar surface area (TPSA) is 73.1 Å². The number of hydrogen-bond donors (Lipinski definition) is 2. The second-order valence-corrected chi connectivity index (χ2v) is 4.37. The summed E-state index contributed by atoms with van der Waals surface area (Å²) in [6, 6.07) is 15.7. The van der Waals surface area contributed by atoms with Crippen LogP contribution in [0.1, 0.15) is 17.5 Å². The van der Waals surface area contributed by atoms with Crippen molar-refractivity contribution in [3.63, 3.8) is 0 Å². The number of benzene rings is 2. The first-order valence-corrected chi connectivity index (χ1v) is 6.26. The van der Waals surface area contributed by atoms with Gasteiger partial charge in [0.25, 0.3) is 0 Å². The number of hydrogen-bond acceptors (Lipinski definition) is 3. The van der Waals surface area contributed by atoms with Crippen molar-refractivity contribution in [1.82, 2.24) is 0 Å². The van der Waals surface area contributed by atoms with Gasteiger partial charge in [0.2, 0.25) is 5.91 Å². The molecule has 2 aromatic carbocycles. The number of carbonyl (C=O) groups excluding carboxylic acids is 1. The Morgan fingerprint density at radius 3 is 2.75 bits per heavy atom. The lowest BCUT2D eigenvalue weighted by molar-refractivity contribution is -0.116. The minimum Gasteiger partial charge on any atom is -0.508 e. The van der Waals surface area contributed by atoms with Crippen molar-refractivity contribution in [3.8, 4) is 11.8 Å². The lowest BCUT2D eigenvalue weighted by Crippen LogP contribution is -2.12. The lowest BCUT2D eigenvalue weighted by atomic mass is 10.1. The molecule has 0 bridgehead atoms. The standard InChI is InChI=1S/C16H14N2O2/c17-11-12-4-3-6-14(10-12)18-16(20)9-8-13-5-1-2-7-15(13)19/h1-7,10,19H,8-9H2,(H,18,20). The molecule has 0 aromatic heterocycles. The van der Waals surface area contributed by atoms with E-state index in [0.717, 1.165) is 5.56 Å². The number of anilines is 1. The minimum atomic E-state index is -0.150. The Bertz CT molecular complexity index is 660. The van der Waals surface area contributed by atoms with Crippen LogP contribution in [0, 0.1) is 11.3 Å². The van der Waals surface area contributed by atoms with Gasteiger partial charge in [0.1, 0.15) is 5.75 Å². The Labute approximate surface area is 117 Å². The number of amides is 1. The molecule has 0 unspecified atom stereocenters. The van der Waals surface area contributed by atoms with E-state index in [4.69, 9.17) is 5.26 Å². The van der Waals surface area contributed by atoms with E-state index in [1.807, 2.05) is 12.1 Å². The molecule has 4 heteroatoms.